The second-order valence-electron chi connectivity index (χ2n) is 2.82. The first-order valence-corrected chi connectivity index (χ1v) is 4.42. The zero-order chi connectivity index (χ0) is 9.97. The number of carbonyl (C=O) groups excluding carboxylic acids is 1. The van der Waals surface area contributed by atoms with Crippen molar-refractivity contribution in [2.24, 2.45) is 0 Å². The van der Waals surface area contributed by atoms with E-state index in [9.17, 15) is 4.79 Å². The largest absolute Gasteiger partial charge is 0.358 e. The molecule has 1 N–H and O–H groups in total. The van der Waals surface area contributed by atoms with Crippen molar-refractivity contribution >= 4 is 17.9 Å². The quantitative estimate of drug-likeness (QED) is 0.768. The van der Waals surface area contributed by atoms with Crippen LogP contribution in [0.2, 0.25) is 5.02 Å². The Labute approximate surface area is 85.7 Å². The van der Waals surface area contributed by atoms with Gasteiger partial charge in [0.25, 0.3) is 0 Å². The van der Waals surface area contributed by atoms with Crippen molar-refractivity contribution in [1.82, 2.24) is 9.97 Å². The minimum Gasteiger partial charge on any atom is -0.358 e. The van der Waals surface area contributed by atoms with Gasteiger partial charge in [-0.3, -0.25) is 9.78 Å². The van der Waals surface area contributed by atoms with Gasteiger partial charge in [-0.15, -0.1) is 0 Å². The lowest BCUT2D eigenvalue weighted by atomic mass is 10.1. The van der Waals surface area contributed by atoms with E-state index >= 15 is 0 Å². The van der Waals surface area contributed by atoms with Crippen molar-refractivity contribution < 1.29 is 4.79 Å². The Morgan fingerprint density at radius 1 is 1.50 bits per heavy atom. The molecule has 2 aromatic rings. The summed E-state index contributed by atoms with van der Waals surface area (Å²) in [5.41, 5.74) is 2.29. The zero-order valence-corrected chi connectivity index (χ0v) is 7.95. The number of aromatic nitrogens is 2. The van der Waals surface area contributed by atoms with E-state index in [1.807, 2.05) is 0 Å². The van der Waals surface area contributed by atoms with E-state index < -0.39 is 0 Å². The van der Waals surface area contributed by atoms with E-state index in [4.69, 9.17) is 11.6 Å². The molecule has 2 aromatic heterocycles. The lowest BCUT2D eigenvalue weighted by molar-refractivity contribution is 0.111. The monoisotopic (exact) mass is 206 g/mol. The number of aldehydes is 1. The van der Waals surface area contributed by atoms with E-state index in [0.29, 0.717) is 10.7 Å². The topological polar surface area (TPSA) is 45.8 Å². The summed E-state index contributed by atoms with van der Waals surface area (Å²) in [6, 6.07) is 3.55. The molecule has 70 valence electrons. The molecule has 0 radical (unpaired) electrons. The maximum absolute atomic E-state index is 10.5. The van der Waals surface area contributed by atoms with E-state index in [2.05, 4.69) is 9.97 Å². The van der Waals surface area contributed by atoms with E-state index in [0.717, 1.165) is 17.4 Å². The number of pyridine rings is 1. The maximum Gasteiger partial charge on any atom is 0.166 e. The lowest BCUT2D eigenvalue weighted by Gasteiger charge is -1.98. The molecule has 0 saturated heterocycles. The Kier molecular flexibility index (Phi) is 2.33. The van der Waals surface area contributed by atoms with Crippen molar-refractivity contribution in [3.8, 4) is 11.1 Å². The van der Waals surface area contributed by atoms with Crippen LogP contribution in [-0.2, 0) is 0 Å². The van der Waals surface area contributed by atoms with Crippen LogP contribution >= 0.6 is 11.6 Å². The smallest absolute Gasteiger partial charge is 0.166 e. The van der Waals surface area contributed by atoms with Gasteiger partial charge < -0.3 is 4.98 Å². The highest BCUT2D eigenvalue weighted by Gasteiger charge is 2.04. The van der Waals surface area contributed by atoms with Crippen LogP contribution < -0.4 is 0 Å². The molecule has 0 bridgehead atoms. The molecule has 2 heterocycles. The molecule has 14 heavy (non-hydrogen) atoms. The van der Waals surface area contributed by atoms with E-state index in [1.54, 1.807) is 30.7 Å². The summed E-state index contributed by atoms with van der Waals surface area (Å²) in [5, 5.41) is 0.573. The zero-order valence-electron chi connectivity index (χ0n) is 7.20. The van der Waals surface area contributed by atoms with Crippen LogP contribution in [0.4, 0.5) is 0 Å². The van der Waals surface area contributed by atoms with Gasteiger partial charge in [0.1, 0.15) is 0 Å². The number of aromatic amines is 1. The summed E-state index contributed by atoms with van der Waals surface area (Å²) in [7, 11) is 0. The molecular formula is C10H7ClN2O. The number of rotatable bonds is 2. The van der Waals surface area contributed by atoms with Gasteiger partial charge in [0.2, 0.25) is 0 Å². The molecule has 3 nitrogen and oxygen atoms in total. The number of halogens is 1. The fourth-order valence-electron chi connectivity index (χ4n) is 1.24. The van der Waals surface area contributed by atoms with Crippen molar-refractivity contribution in [3.63, 3.8) is 0 Å². The molecule has 0 unspecified atom stereocenters. The van der Waals surface area contributed by atoms with Crippen LogP contribution in [-0.4, -0.2) is 16.3 Å². The van der Waals surface area contributed by atoms with Crippen LogP contribution in [0.3, 0.4) is 0 Å². The van der Waals surface area contributed by atoms with Gasteiger partial charge in [-0.05, 0) is 12.1 Å². The predicted molar refractivity (Wildman–Crippen MR) is 54.4 cm³/mol. The van der Waals surface area contributed by atoms with E-state index in [-0.39, 0.29) is 0 Å². The van der Waals surface area contributed by atoms with Gasteiger partial charge in [-0.25, -0.2) is 0 Å². The molecule has 0 aliphatic carbocycles. The highest BCUT2D eigenvalue weighted by atomic mass is 35.5. The Hall–Kier alpha value is -1.61. The van der Waals surface area contributed by atoms with Crippen LogP contribution in [0.25, 0.3) is 11.1 Å². The van der Waals surface area contributed by atoms with Gasteiger partial charge >= 0.3 is 0 Å². The second-order valence-corrected chi connectivity index (χ2v) is 3.22. The van der Waals surface area contributed by atoms with Gasteiger partial charge in [0, 0.05) is 29.7 Å². The fourth-order valence-corrected chi connectivity index (χ4v) is 1.47. The molecule has 0 spiro atoms. The van der Waals surface area contributed by atoms with Crippen LogP contribution in [0.15, 0.2) is 30.7 Å². The summed E-state index contributed by atoms with van der Waals surface area (Å²) in [6.45, 7) is 0. The minimum atomic E-state index is 0.535. The third-order valence-electron chi connectivity index (χ3n) is 1.92. The maximum atomic E-state index is 10.5. The SMILES string of the molecule is O=Cc1cc(-c2ccncc2Cl)c[nH]1. The van der Waals surface area contributed by atoms with Gasteiger partial charge in [-0.2, -0.15) is 0 Å². The molecule has 0 aliphatic heterocycles. The number of nitrogens with one attached hydrogen (secondary N) is 1. The average molecular weight is 207 g/mol. The highest BCUT2D eigenvalue weighted by Crippen LogP contribution is 2.26. The Balaban J connectivity index is 2.49. The summed E-state index contributed by atoms with van der Waals surface area (Å²) in [6.07, 6.45) is 5.74. The summed E-state index contributed by atoms with van der Waals surface area (Å²) in [5.74, 6) is 0. The molecule has 2 rings (SSSR count). The second kappa shape index (κ2) is 3.64. The van der Waals surface area contributed by atoms with Crippen molar-refractivity contribution in [3.05, 3.63) is 41.4 Å². The lowest BCUT2D eigenvalue weighted by Crippen LogP contribution is -1.77. The first-order chi connectivity index (χ1) is 6.81. The predicted octanol–water partition coefficient (Wildman–Crippen LogP) is 2.54. The Morgan fingerprint density at radius 2 is 2.36 bits per heavy atom. The Morgan fingerprint density at radius 3 is 3.00 bits per heavy atom. The average Bonchev–Trinajstić information content (AvgIpc) is 2.67. The molecule has 0 atom stereocenters. The fraction of sp³-hybridized carbons (Fsp3) is 0. The van der Waals surface area contributed by atoms with Crippen molar-refractivity contribution in [1.29, 1.82) is 0 Å². The van der Waals surface area contributed by atoms with Gasteiger partial charge in [0.15, 0.2) is 6.29 Å². The first kappa shape index (κ1) is 8.97. The van der Waals surface area contributed by atoms with Gasteiger partial charge in [-0.1, -0.05) is 11.6 Å². The van der Waals surface area contributed by atoms with Crippen LogP contribution in [0.5, 0.6) is 0 Å². The molecule has 0 amide bonds. The molecular weight excluding hydrogens is 200 g/mol. The van der Waals surface area contributed by atoms with Crippen LogP contribution in [0.1, 0.15) is 10.5 Å². The normalized spacial score (nSPS) is 10.1. The van der Waals surface area contributed by atoms with Crippen LogP contribution in [0, 0.1) is 0 Å². The Bertz CT molecular complexity index is 465. The standard InChI is InChI=1S/C10H7ClN2O/c11-10-5-12-2-1-9(10)7-3-8(6-14)13-4-7/h1-6,13H. The number of carbonyl (C=O) groups is 1. The van der Waals surface area contributed by atoms with Gasteiger partial charge in [0.05, 0.1) is 10.7 Å². The third kappa shape index (κ3) is 1.54. The highest BCUT2D eigenvalue weighted by molar-refractivity contribution is 6.33. The minimum absolute atomic E-state index is 0.535. The summed E-state index contributed by atoms with van der Waals surface area (Å²) in [4.78, 5) is 17.2. The van der Waals surface area contributed by atoms with Crippen molar-refractivity contribution in [2.45, 2.75) is 0 Å². The molecule has 0 saturated carbocycles. The number of hydrogen-bond donors (Lipinski definition) is 1. The molecule has 0 aromatic carbocycles. The van der Waals surface area contributed by atoms with Crippen molar-refractivity contribution in [2.75, 3.05) is 0 Å². The van der Waals surface area contributed by atoms with E-state index in [1.165, 1.54) is 0 Å². The molecule has 0 fully saturated rings. The summed E-state index contributed by atoms with van der Waals surface area (Å²) >= 11 is 5.95. The number of nitrogens with zero attached hydrogens (tertiary/aromatic N) is 1. The third-order valence-corrected chi connectivity index (χ3v) is 2.22. The molecule has 0 aliphatic rings. The number of hydrogen-bond acceptors (Lipinski definition) is 2. The molecule has 4 heteroatoms. The first-order valence-electron chi connectivity index (χ1n) is 4.05. The number of H-pyrrole nitrogens is 1. The summed E-state index contributed by atoms with van der Waals surface area (Å²) < 4.78 is 0.